The molecule has 98 valence electrons. The molecule has 0 aliphatic heterocycles. The standard InChI is InChI=1S/C13H17NO4/c1-9(13(16)17)8-14-12(15)11(18-2)10-6-4-3-5-7-10/h3-7,9,11H,8H2,1-2H3,(H,14,15)(H,16,17)/t9?,11-/m1/s1. The van der Waals surface area contributed by atoms with E-state index in [-0.39, 0.29) is 12.5 Å². The number of hydrogen-bond donors (Lipinski definition) is 2. The van der Waals surface area contributed by atoms with Gasteiger partial charge in [0.15, 0.2) is 6.10 Å². The van der Waals surface area contributed by atoms with Crippen LogP contribution in [-0.2, 0) is 14.3 Å². The number of carbonyl (C=O) groups excluding carboxylic acids is 1. The molecule has 0 saturated heterocycles. The van der Waals surface area contributed by atoms with Crippen LogP contribution >= 0.6 is 0 Å². The van der Waals surface area contributed by atoms with Crippen molar-refractivity contribution >= 4 is 11.9 Å². The average molecular weight is 251 g/mol. The highest BCUT2D eigenvalue weighted by molar-refractivity contribution is 5.82. The Morgan fingerprint density at radius 1 is 1.33 bits per heavy atom. The van der Waals surface area contributed by atoms with Crippen molar-refractivity contribution in [1.29, 1.82) is 0 Å². The van der Waals surface area contributed by atoms with Crippen molar-refractivity contribution in [2.45, 2.75) is 13.0 Å². The molecule has 0 aromatic heterocycles. The van der Waals surface area contributed by atoms with Crippen LogP contribution in [-0.4, -0.2) is 30.6 Å². The number of rotatable bonds is 6. The van der Waals surface area contributed by atoms with Gasteiger partial charge < -0.3 is 15.2 Å². The second-order valence-electron chi connectivity index (χ2n) is 4.01. The van der Waals surface area contributed by atoms with E-state index >= 15 is 0 Å². The fraction of sp³-hybridized carbons (Fsp3) is 0.385. The molecule has 18 heavy (non-hydrogen) atoms. The fourth-order valence-corrected chi connectivity index (χ4v) is 1.46. The van der Waals surface area contributed by atoms with Crippen molar-refractivity contribution in [3.8, 4) is 0 Å². The molecule has 0 fully saturated rings. The highest BCUT2D eigenvalue weighted by atomic mass is 16.5. The van der Waals surface area contributed by atoms with E-state index in [0.717, 1.165) is 5.56 Å². The largest absolute Gasteiger partial charge is 0.481 e. The molecule has 1 amide bonds. The van der Waals surface area contributed by atoms with Crippen LogP contribution in [0.5, 0.6) is 0 Å². The Labute approximate surface area is 106 Å². The first-order valence-corrected chi connectivity index (χ1v) is 5.64. The monoisotopic (exact) mass is 251 g/mol. The summed E-state index contributed by atoms with van der Waals surface area (Å²) in [6.07, 6.45) is -0.716. The van der Waals surface area contributed by atoms with Crippen LogP contribution in [0.4, 0.5) is 0 Å². The molecule has 0 bridgehead atoms. The molecule has 1 unspecified atom stereocenters. The first-order valence-electron chi connectivity index (χ1n) is 5.64. The highest BCUT2D eigenvalue weighted by Gasteiger charge is 2.21. The van der Waals surface area contributed by atoms with Gasteiger partial charge in [0, 0.05) is 13.7 Å². The maximum absolute atomic E-state index is 11.9. The SMILES string of the molecule is CO[C@@H](C(=O)NCC(C)C(=O)O)c1ccccc1. The van der Waals surface area contributed by atoms with E-state index in [1.165, 1.54) is 14.0 Å². The lowest BCUT2D eigenvalue weighted by Crippen LogP contribution is -2.35. The van der Waals surface area contributed by atoms with Gasteiger partial charge in [0.1, 0.15) is 0 Å². The molecule has 1 aromatic rings. The molecule has 5 nitrogen and oxygen atoms in total. The molecule has 2 atom stereocenters. The van der Waals surface area contributed by atoms with Crippen molar-refractivity contribution < 1.29 is 19.4 Å². The molecule has 1 rings (SSSR count). The van der Waals surface area contributed by atoms with Gasteiger partial charge in [-0.15, -0.1) is 0 Å². The van der Waals surface area contributed by atoms with E-state index in [4.69, 9.17) is 9.84 Å². The zero-order chi connectivity index (χ0) is 13.5. The van der Waals surface area contributed by atoms with Crippen LogP contribution in [0.1, 0.15) is 18.6 Å². The van der Waals surface area contributed by atoms with Gasteiger partial charge in [0.25, 0.3) is 5.91 Å². The minimum Gasteiger partial charge on any atom is -0.481 e. The van der Waals surface area contributed by atoms with Gasteiger partial charge in [0.2, 0.25) is 0 Å². The third-order valence-corrected chi connectivity index (χ3v) is 2.58. The van der Waals surface area contributed by atoms with Crippen LogP contribution in [0.15, 0.2) is 30.3 Å². The third-order valence-electron chi connectivity index (χ3n) is 2.58. The summed E-state index contributed by atoms with van der Waals surface area (Å²) in [4.78, 5) is 22.5. The molecule has 1 aromatic carbocycles. The maximum Gasteiger partial charge on any atom is 0.308 e. The Morgan fingerprint density at radius 3 is 2.44 bits per heavy atom. The van der Waals surface area contributed by atoms with Crippen LogP contribution in [0, 0.1) is 5.92 Å². The number of hydrogen-bond acceptors (Lipinski definition) is 3. The number of benzene rings is 1. The van der Waals surface area contributed by atoms with Crippen molar-refractivity contribution in [2.24, 2.45) is 5.92 Å². The number of aliphatic carboxylic acids is 1. The van der Waals surface area contributed by atoms with Gasteiger partial charge in [-0.1, -0.05) is 37.3 Å². The maximum atomic E-state index is 11.9. The van der Waals surface area contributed by atoms with Gasteiger partial charge in [-0.25, -0.2) is 0 Å². The Kier molecular flexibility index (Phi) is 5.32. The number of amides is 1. The average Bonchev–Trinajstić information content (AvgIpc) is 2.38. The lowest BCUT2D eigenvalue weighted by atomic mass is 10.1. The van der Waals surface area contributed by atoms with Gasteiger partial charge >= 0.3 is 5.97 Å². The van der Waals surface area contributed by atoms with Crippen LogP contribution in [0.2, 0.25) is 0 Å². The van der Waals surface area contributed by atoms with Crippen LogP contribution in [0.3, 0.4) is 0 Å². The zero-order valence-electron chi connectivity index (χ0n) is 10.4. The molecule has 0 spiro atoms. The Hall–Kier alpha value is -1.88. The van der Waals surface area contributed by atoms with Gasteiger partial charge in [-0.3, -0.25) is 9.59 Å². The molecule has 0 saturated carbocycles. The molecular weight excluding hydrogens is 234 g/mol. The molecule has 0 aliphatic rings. The van der Waals surface area contributed by atoms with E-state index in [0.29, 0.717) is 0 Å². The van der Waals surface area contributed by atoms with Crippen molar-refractivity contribution in [2.75, 3.05) is 13.7 Å². The normalized spacial score (nSPS) is 13.7. The van der Waals surface area contributed by atoms with Gasteiger partial charge in [-0.2, -0.15) is 0 Å². The lowest BCUT2D eigenvalue weighted by molar-refractivity contribution is -0.141. The van der Waals surface area contributed by atoms with Crippen molar-refractivity contribution in [3.05, 3.63) is 35.9 Å². The van der Waals surface area contributed by atoms with E-state index in [1.54, 1.807) is 12.1 Å². The van der Waals surface area contributed by atoms with Gasteiger partial charge in [0.05, 0.1) is 5.92 Å². The van der Waals surface area contributed by atoms with Crippen LogP contribution < -0.4 is 5.32 Å². The summed E-state index contributed by atoms with van der Waals surface area (Å²) < 4.78 is 5.13. The lowest BCUT2D eigenvalue weighted by Gasteiger charge is -2.16. The summed E-state index contributed by atoms with van der Waals surface area (Å²) in [6.45, 7) is 1.62. The summed E-state index contributed by atoms with van der Waals surface area (Å²) in [7, 11) is 1.44. The Bertz CT molecular complexity index is 405. The van der Waals surface area contributed by atoms with Crippen LogP contribution in [0.25, 0.3) is 0 Å². The Morgan fingerprint density at radius 2 is 1.94 bits per heavy atom. The predicted molar refractivity (Wildman–Crippen MR) is 66.0 cm³/mol. The number of carboxylic acid groups (broad SMARTS) is 1. The van der Waals surface area contributed by atoms with E-state index < -0.39 is 18.0 Å². The minimum atomic E-state index is -0.941. The Balaban J connectivity index is 2.61. The molecule has 0 radical (unpaired) electrons. The third kappa shape index (κ3) is 3.85. The van der Waals surface area contributed by atoms with E-state index in [9.17, 15) is 9.59 Å². The van der Waals surface area contributed by atoms with Crippen molar-refractivity contribution in [1.82, 2.24) is 5.32 Å². The van der Waals surface area contributed by atoms with Gasteiger partial charge in [-0.05, 0) is 5.56 Å². The number of methoxy groups -OCH3 is 1. The quantitative estimate of drug-likeness (QED) is 0.796. The summed E-state index contributed by atoms with van der Waals surface area (Å²) in [5.41, 5.74) is 0.737. The molecular formula is C13H17NO4. The second kappa shape index (κ2) is 6.76. The first kappa shape index (κ1) is 14.2. The predicted octanol–water partition coefficient (Wildman–Crippen LogP) is 1.21. The van der Waals surface area contributed by atoms with E-state index in [1.807, 2.05) is 18.2 Å². The fourth-order valence-electron chi connectivity index (χ4n) is 1.46. The van der Waals surface area contributed by atoms with Crippen molar-refractivity contribution in [3.63, 3.8) is 0 Å². The number of carboxylic acids is 1. The molecule has 0 aliphatic carbocycles. The smallest absolute Gasteiger partial charge is 0.308 e. The summed E-state index contributed by atoms with van der Waals surface area (Å²) in [5, 5.41) is 11.3. The summed E-state index contributed by atoms with van der Waals surface area (Å²) in [6, 6.07) is 9.05. The number of carbonyl (C=O) groups is 2. The van der Waals surface area contributed by atoms with E-state index in [2.05, 4.69) is 5.32 Å². The highest BCUT2D eigenvalue weighted by Crippen LogP contribution is 2.16. The number of nitrogens with one attached hydrogen (secondary N) is 1. The zero-order valence-corrected chi connectivity index (χ0v) is 10.4. The minimum absolute atomic E-state index is 0.0842. The molecule has 0 heterocycles. The number of ether oxygens (including phenoxy) is 1. The summed E-state index contributed by atoms with van der Waals surface area (Å²) >= 11 is 0. The molecule has 5 heteroatoms. The summed E-state index contributed by atoms with van der Waals surface area (Å²) in [5.74, 6) is -1.90. The first-order chi connectivity index (χ1) is 8.56. The topological polar surface area (TPSA) is 75.6 Å². The molecule has 2 N–H and O–H groups in total. The second-order valence-corrected chi connectivity index (χ2v) is 4.01.